The summed E-state index contributed by atoms with van der Waals surface area (Å²) in [4.78, 5) is 39.8. The first-order chi connectivity index (χ1) is 19.0. The summed E-state index contributed by atoms with van der Waals surface area (Å²) in [6.45, 7) is 0.270. The second-order valence-electron chi connectivity index (χ2n) is 9.37. The molecule has 7 heteroatoms. The highest BCUT2D eigenvalue weighted by Gasteiger charge is 2.32. The highest BCUT2D eigenvalue weighted by Crippen LogP contribution is 2.44. The number of amides is 2. The summed E-state index contributed by atoms with van der Waals surface area (Å²) in [7, 11) is 0. The van der Waals surface area contributed by atoms with Gasteiger partial charge in [-0.2, -0.15) is 0 Å². The fourth-order valence-corrected chi connectivity index (χ4v) is 5.02. The Morgan fingerprint density at radius 3 is 1.90 bits per heavy atom. The molecule has 0 saturated carbocycles. The van der Waals surface area contributed by atoms with Crippen molar-refractivity contribution < 1.29 is 24.2 Å². The van der Waals surface area contributed by atoms with Crippen molar-refractivity contribution in [2.24, 2.45) is 0 Å². The molecule has 196 valence electrons. The Hall–Kier alpha value is -4.91. The lowest BCUT2D eigenvalue weighted by atomic mass is 9.98. The Balaban J connectivity index is 1.33. The Labute approximate surface area is 226 Å². The van der Waals surface area contributed by atoms with E-state index < -0.39 is 30.4 Å². The van der Waals surface area contributed by atoms with Crippen LogP contribution in [0.5, 0.6) is 0 Å². The van der Waals surface area contributed by atoms with Gasteiger partial charge in [-0.15, -0.1) is 0 Å². The van der Waals surface area contributed by atoms with Crippen LogP contribution in [0.4, 0.5) is 10.5 Å². The van der Waals surface area contributed by atoms with Crippen molar-refractivity contribution in [3.63, 3.8) is 0 Å². The van der Waals surface area contributed by atoms with E-state index in [-0.39, 0.29) is 19.1 Å². The molecule has 5 rings (SSSR count). The van der Waals surface area contributed by atoms with Crippen LogP contribution in [-0.4, -0.2) is 35.7 Å². The smallest absolute Gasteiger partial charge is 0.407 e. The van der Waals surface area contributed by atoms with Gasteiger partial charge < -0.3 is 20.1 Å². The SMILES string of the molecule is O=C(O)CC(NC(=O)OCC1c2ccccc2-c2ccccc21)C(=O)N(Cc1ccccc1)c1ccccc1. The normalized spacial score (nSPS) is 12.6. The van der Waals surface area contributed by atoms with Crippen molar-refractivity contribution in [1.82, 2.24) is 5.32 Å². The second kappa shape index (κ2) is 11.6. The number of anilines is 1. The van der Waals surface area contributed by atoms with Gasteiger partial charge >= 0.3 is 12.1 Å². The van der Waals surface area contributed by atoms with Gasteiger partial charge in [0.15, 0.2) is 0 Å². The van der Waals surface area contributed by atoms with Crippen molar-refractivity contribution in [3.05, 3.63) is 126 Å². The average Bonchev–Trinajstić information content (AvgIpc) is 3.28. The van der Waals surface area contributed by atoms with Crippen LogP contribution in [0.1, 0.15) is 29.0 Å². The zero-order valence-corrected chi connectivity index (χ0v) is 21.2. The van der Waals surface area contributed by atoms with Gasteiger partial charge in [-0.3, -0.25) is 9.59 Å². The van der Waals surface area contributed by atoms with E-state index in [1.54, 1.807) is 24.3 Å². The Morgan fingerprint density at radius 2 is 1.31 bits per heavy atom. The van der Waals surface area contributed by atoms with Crippen LogP contribution >= 0.6 is 0 Å². The Bertz CT molecular complexity index is 1430. The van der Waals surface area contributed by atoms with Gasteiger partial charge in [0.05, 0.1) is 13.0 Å². The van der Waals surface area contributed by atoms with Crippen molar-refractivity contribution in [1.29, 1.82) is 0 Å². The molecule has 0 spiro atoms. The topological polar surface area (TPSA) is 95.9 Å². The first kappa shape index (κ1) is 25.7. The van der Waals surface area contributed by atoms with Crippen LogP contribution in [0.25, 0.3) is 11.1 Å². The molecule has 39 heavy (non-hydrogen) atoms. The molecule has 0 radical (unpaired) electrons. The van der Waals surface area contributed by atoms with E-state index in [4.69, 9.17) is 4.74 Å². The molecule has 1 unspecified atom stereocenters. The lowest BCUT2D eigenvalue weighted by Crippen LogP contribution is -2.49. The van der Waals surface area contributed by atoms with E-state index in [1.165, 1.54) is 4.90 Å². The summed E-state index contributed by atoms with van der Waals surface area (Å²) in [5.74, 6) is -1.91. The molecule has 0 fully saturated rings. The third kappa shape index (κ3) is 5.83. The number of nitrogens with zero attached hydrogens (tertiary/aromatic N) is 1. The van der Waals surface area contributed by atoms with E-state index in [0.717, 1.165) is 27.8 Å². The van der Waals surface area contributed by atoms with Crippen LogP contribution in [0.3, 0.4) is 0 Å². The fraction of sp³-hybridized carbons (Fsp3) is 0.156. The molecule has 0 bridgehead atoms. The lowest BCUT2D eigenvalue weighted by molar-refractivity contribution is -0.139. The van der Waals surface area contributed by atoms with E-state index in [1.807, 2.05) is 84.9 Å². The molecule has 0 aliphatic heterocycles. The van der Waals surface area contributed by atoms with Crippen LogP contribution in [0, 0.1) is 0 Å². The number of carbonyl (C=O) groups excluding carboxylic acids is 2. The zero-order valence-electron chi connectivity index (χ0n) is 21.2. The van der Waals surface area contributed by atoms with Gasteiger partial charge in [0.1, 0.15) is 12.6 Å². The lowest BCUT2D eigenvalue weighted by Gasteiger charge is -2.27. The molecule has 2 amide bonds. The summed E-state index contributed by atoms with van der Waals surface area (Å²) in [6.07, 6.45) is -1.43. The van der Waals surface area contributed by atoms with Gasteiger partial charge in [-0.05, 0) is 39.9 Å². The van der Waals surface area contributed by atoms with Crippen molar-refractivity contribution in [2.45, 2.75) is 24.9 Å². The number of para-hydroxylation sites is 1. The van der Waals surface area contributed by atoms with Gasteiger partial charge in [-0.25, -0.2) is 4.79 Å². The molecule has 2 N–H and O–H groups in total. The van der Waals surface area contributed by atoms with Gasteiger partial charge in [0, 0.05) is 11.6 Å². The molecule has 0 aromatic heterocycles. The van der Waals surface area contributed by atoms with E-state index in [2.05, 4.69) is 5.32 Å². The quantitative estimate of drug-likeness (QED) is 0.299. The molecular formula is C32H28N2O5. The summed E-state index contributed by atoms with van der Waals surface area (Å²) in [6, 6.07) is 33.0. The van der Waals surface area contributed by atoms with Crippen molar-refractivity contribution in [3.8, 4) is 11.1 Å². The number of rotatable bonds is 9. The maximum absolute atomic E-state index is 13.7. The van der Waals surface area contributed by atoms with Gasteiger partial charge in [0.25, 0.3) is 5.91 Å². The number of nitrogens with one attached hydrogen (secondary N) is 1. The molecule has 0 heterocycles. The van der Waals surface area contributed by atoms with Crippen LogP contribution < -0.4 is 10.2 Å². The first-order valence-electron chi connectivity index (χ1n) is 12.7. The third-order valence-electron chi connectivity index (χ3n) is 6.83. The van der Waals surface area contributed by atoms with Crippen LogP contribution in [-0.2, 0) is 20.9 Å². The summed E-state index contributed by atoms with van der Waals surface area (Å²) >= 11 is 0. The second-order valence-corrected chi connectivity index (χ2v) is 9.37. The summed E-state index contributed by atoms with van der Waals surface area (Å²) < 4.78 is 5.59. The maximum atomic E-state index is 13.7. The third-order valence-corrected chi connectivity index (χ3v) is 6.83. The van der Waals surface area contributed by atoms with E-state index in [0.29, 0.717) is 5.69 Å². The van der Waals surface area contributed by atoms with E-state index in [9.17, 15) is 19.5 Å². The zero-order chi connectivity index (χ0) is 27.2. The predicted molar refractivity (Wildman–Crippen MR) is 148 cm³/mol. The van der Waals surface area contributed by atoms with Gasteiger partial charge in [-0.1, -0.05) is 97.1 Å². The molecule has 4 aromatic carbocycles. The fourth-order valence-electron chi connectivity index (χ4n) is 5.02. The minimum absolute atomic E-state index is 0.0558. The number of fused-ring (bicyclic) bond motifs is 3. The number of hydrogen-bond acceptors (Lipinski definition) is 4. The number of hydrogen-bond donors (Lipinski definition) is 2. The van der Waals surface area contributed by atoms with Gasteiger partial charge in [0.2, 0.25) is 0 Å². The largest absolute Gasteiger partial charge is 0.481 e. The van der Waals surface area contributed by atoms with Crippen molar-refractivity contribution >= 4 is 23.7 Å². The molecule has 1 atom stereocenters. The molecule has 7 nitrogen and oxygen atoms in total. The summed E-state index contributed by atoms with van der Waals surface area (Å²) in [5, 5.41) is 12.1. The number of carbonyl (C=O) groups is 3. The number of carboxylic acids is 1. The minimum Gasteiger partial charge on any atom is -0.481 e. The maximum Gasteiger partial charge on any atom is 0.407 e. The number of benzene rings is 4. The number of carboxylic acid groups (broad SMARTS) is 1. The molecule has 0 saturated heterocycles. The van der Waals surface area contributed by atoms with Crippen LogP contribution in [0.15, 0.2) is 109 Å². The number of alkyl carbamates (subject to hydrolysis) is 1. The van der Waals surface area contributed by atoms with Crippen LogP contribution in [0.2, 0.25) is 0 Å². The molecule has 1 aliphatic carbocycles. The highest BCUT2D eigenvalue weighted by atomic mass is 16.5. The highest BCUT2D eigenvalue weighted by molar-refractivity contribution is 6.00. The first-order valence-corrected chi connectivity index (χ1v) is 12.7. The van der Waals surface area contributed by atoms with E-state index >= 15 is 0 Å². The standard InChI is InChI=1S/C32H28N2O5/c35-30(36)19-29(31(37)34(23-13-5-2-6-14-23)20-22-11-3-1-4-12-22)33-32(38)39-21-28-26-17-9-7-15-24(26)25-16-8-10-18-27(25)28/h1-18,28-29H,19-21H2,(H,33,38)(H,35,36). The Kier molecular flexibility index (Phi) is 7.68. The molecule has 1 aliphatic rings. The number of ether oxygens (including phenoxy) is 1. The number of aliphatic carboxylic acids is 1. The minimum atomic E-state index is -1.32. The molecule has 4 aromatic rings. The van der Waals surface area contributed by atoms with Crippen molar-refractivity contribution in [2.75, 3.05) is 11.5 Å². The molecular weight excluding hydrogens is 492 g/mol. The average molecular weight is 521 g/mol. The predicted octanol–water partition coefficient (Wildman–Crippen LogP) is 5.60. The monoisotopic (exact) mass is 520 g/mol. The summed E-state index contributed by atoms with van der Waals surface area (Å²) in [5.41, 5.74) is 5.77. The Morgan fingerprint density at radius 1 is 0.769 bits per heavy atom.